The van der Waals surface area contributed by atoms with Gasteiger partial charge in [0.1, 0.15) is 0 Å². The van der Waals surface area contributed by atoms with Crippen LogP contribution in [0.3, 0.4) is 0 Å². The quantitative estimate of drug-likeness (QED) is 0.906. The van der Waals surface area contributed by atoms with Gasteiger partial charge in [0.15, 0.2) is 0 Å². The third-order valence-corrected chi connectivity index (χ3v) is 5.20. The molecular formula is C18H24N2S. The van der Waals surface area contributed by atoms with Crippen LogP contribution in [0.15, 0.2) is 41.8 Å². The second-order valence-electron chi connectivity index (χ2n) is 5.90. The van der Waals surface area contributed by atoms with Gasteiger partial charge in [-0.25, -0.2) is 0 Å². The summed E-state index contributed by atoms with van der Waals surface area (Å²) in [5.74, 6) is 0. The minimum atomic E-state index is 0.580. The number of hydrogen-bond donors (Lipinski definition) is 1. The second-order valence-corrected chi connectivity index (χ2v) is 6.93. The van der Waals surface area contributed by atoms with Crippen LogP contribution in [-0.4, -0.2) is 24.0 Å². The first kappa shape index (κ1) is 14.8. The minimum absolute atomic E-state index is 0.580. The summed E-state index contributed by atoms with van der Waals surface area (Å²) in [5, 5.41) is 5.74. The number of rotatable bonds is 5. The molecule has 3 rings (SSSR count). The molecule has 0 saturated carbocycles. The summed E-state index contributed by atoms with van der Waals surface area (Å²) in [6.07, 6.45) is 2.49. The fourth-order valence-electron chi connectivity index (χ4n) is 3.05. The van der Waals surface area contributed by atoms with Crippen LogP contribution in [0.2, 0.25) is 0 Å². The van der Waals surface area contributed by atoms with Crippen molar-refractivity contribution in [1.29, 1.82) is 0 Å². The molecule has 0 spiro atoms. The van der Waals surface area contributed by atoms with Gasteiger partial charge in [-0.15, -0.1) is 11.3 Å². The Morgan fingerprint density at radius 3 is 2.86 bits per heavy atom. The summed E-state index contributed by atoms with van der Waals surface area (Å²) in [5.41, 5.74) is 3.05. The number of benzene rings is 1. The Labute approximate surface area is 131 Å². The smallest absolute Gasteiger partial charge is 0.0300 e. The standard InChI is InChI=1S/C18H24N2S/c1-15(12-19-13-18-9-5-11-21-18)20-10-4-8-16-6-2-3-7-17(16)14-20/h2-3,5-7,9,11,15,19H,4,8,10,12-14H2,1H3. The molecule has 1 N–H and O–H groups in total. The Morgan fingerprint density at radius 1 is 1.19 bits per heavy atom. The van der Waals surface area contributed by atoms with E-state index in [0.29, 0.717) is 6.04 Å². The van der Waals surface area contributed by atoms with E-state index >= 15 is 0 Å². The van der Waals surface area contributed by atoms with Crippen LogP contribution in [0.5, 0.6) is 0 Å². The molecule has 3 heteroatoms. The summed E-state index contributed by atoms with van der Waals surface area (Å²) in [7, 11) is 0. The third kappa shape index (κ3) is 3.94. The topological polar surface area (TPSA) is 15.3 Å². The van der Waals surface area contributed by atoms with Crippen molar-refractivity contribution in [1.82, 2.24) is 10.2 Å². The summed E-state index contributed by atoms with van der Waals surface area (Å²) < 4.78 is 0. The molecule has 2 aromatic rings. The highest BCUT2D eigenvalue weighted by Crippen LogP contribution is 2.19. The summed E-state index contributed by atoms with van der Waals surface area (Å²) in [6.45, 7) is 6.69. The summed E-state index contributed by atoms with van der Waals surface area (Å²) in [4.78, 5) is 4.04. The summed E-state index contributed by atoms with van der Waals surface area (Å²) in [6, 6.07) is 13.8. The Morgan fingerprint density at radius 2 is 2.05 bits per heavy atom. The molecule has 0 fully saturated rings. The highest BCUT2D eigenvalue weighted by molar-refractivity contribution is 7.09. The molecule has 0 aliphatic carbocycles. The Bertz CT molecular complexity index is 550. The van der Waals surface area contributed by atoms with Crippen LogP contribution in [0.1, 0.15) is 29.3 Å². The molecule has 1 aromatic heterocycles. The average molecular weight is 300 g/mol. The van der Waals surface area contributed by atoms with Crippen molar-refractivity contribution < 1.29 is 0 Å². The van der Waals surface area contributed by atoms with Crippen molar-refractivity contribution in [2.24, 2.45) is 0 Å². The van der Waals surface area contributed by atoms with Crippen LogP contribution in [0.25, 0.3) is 0 Å². The highest BCUT2D eigenvalue weighted by Gasteiger charge is 2.18. The van der Waals surface area contributed by atoms with Gasteiger partial charge in [0.2, 0.25) is 0 Å². The average Bonchev–Trinajstić information content (AvgIpc) is 2.91. The third-order valence-electron chi connectivity index (χ3n) is 4.33. The fourth-order valence-corrected chi connectivity index (χ4v) is 3.72. The number of fused-ring (bicyclic) bond motifs is 1. The van der Waals surface area contributed by atoms with Gasteiger partial charge >= 0.3 is 0 Å². The van der Waals surface area contributed by atoms with Crippen LogP contribution in [0, 0.1) is 0 Å². The molecule has 1 aromatic carbocycles. The highest BCUT2D eigenvalue weighted by atomic mass is 32.1. The van der Waals surface area contributed by atoms with Crippen LogP contribution < -0.4 is 5.32 Å². The Kier molecular flexibility index (Phi) is 5.07. The predicted molar refractivity (Wildman–Crippen MR) is 90.7 cm³/mol. The first-order chi connectivity index (χ1) is 10.3. The van der Waals surface area contributed by atoms with Crippen molar-refractivity contribution in [3.05, 3.63) is 57.8 Å². The Balaban J connectivity index is 1.53. The maximum absolute atomic E-state index is 3.60. The van der Waals surface area contributed by atoms with Gasteiger partial charge in [0.05, 0.1) is 0 Å². The molecule has 112 valence electrons. The van der Waals surface area contributed by atoms with E-state index in [2.05, 4.69) is 58.9 Å². The van der Waals surface area contributed by atoms with Crippen molar-refractivity contribution >= 4 is 11.3 Å². The molecule has 2 heterocycles. The van der Waals surface area contributed by atoms with E-state index in [9.17, 15) is 0 Å². The van der Waals surface area contributed by atoms with Gasteiger partial charge in [-0.1, -0.05) is 30.3 Å². The van der Waals surface area contributed by atoms with Gasteiger partial charge in [-0.05, 0) is 48.9 Å². The van der Waals surface area contributed by atoms with Gasteiger partial charge in [-0.3, -0.25) is 4.90 Å². The van der Waals surface area contributed by atoms with Crippen molar-refractivity contribution in [2.45, 2.75) is 38.9 Å². The fraction of sp³-hybridized carbons (Fsp3) is 0.444. The van der Waals surface area contributed by atoms with E-state index in [0.717, 1.165) is 19.6 Å². The lowest BCUT2D eigenvalue weighted by Gasteiger charge is -2.28. The number of nitrogens with zero attached hydrogens (tertiary/aromatic N) is 1. The number of nitrogens with one attached hydrogen (secondary N) is 1. The lowest BCUT2D eigenvalue weighted by molar-refractivity contribution is 0.198. The van der Waals surface area contributed by atoms with Gasteiger partial charge in [0, 0.05) is 30.6 Å². The first-order valence-electron chi connectivity index (χ1n) is 7.87. The zero-order valence-corrected chi connectivity index (χ0v) is 13.5. The minimum Gasteiger partial charge on any atom is -0.310 e. The second kappa shape index (κ2) is 7.21. The molecule has 0 amide bonds. The molecule has 1 unspecified atom stereocenters. The largest absolute Gasteiger partial charge is 0.310 e. The van der Waals surface area contributed by atoms with E-state index in [1.165, 1.54) is 29.8 Å². The molecule has 0 bridgehead atoms. The number of thiophene rings is 1. The molecule has 1 aliphatic rings. The molecule has 0 saturated heterocycles. The zero-order chi connectivity index (χ0) is 14.5. The van der Waals surface area contributed by atoms with E-state index in [1.807, 2.05) is 11.3 Å². The molecule has 0 radical (unpaired) electrons. The van der Waals surface area contributed by atoms with Crippen LogP contribution in [-0.2, 0) is 19.5 Å². The van der Waals surface area contributed by atoms with E-state index in [4.69, 9.17) is 0 Å². The number of aryl methyl sites for hydroxylation is 1. The normalized spacial score (nSPS) is 17.2. The van der Waals surface area contributed by atoms with Gasteiger partial charge in [0.25, 0.3) is 0 Å². The molecule has 2 nitrogen and oxygen atoms in total. The molecule has 1 aliphatic heterocycles. The van der Waals surface area contributed by atoms with E-state index in [-0.39, 0.29) is 0 Å². The lowest BCUT2D eigenvalue weighted by Crippen LogP contribution is -2.39. The van der Waals surface area contributed by atoms with Crippen molar-refractivity contribution in [3.63, 3.8) is 0 Å². The van der Waals surface area contributed by atoms with E-state index < -0.39 is 0 Å². The molecular weight excluding hydrogens is 276 g/mol. The van der Waals surface area contributed by atoms with Gasteiger partial charge in [-0.2, -0.15) is 0 Å². The summed E-state index contributed by atoms with van der Waals surface area (Å²) >= 11 is 1.83. The van der Waals surface area contributed by atoms with Crippen LogP contribution in [0.4, 0.5) is 0 Å². The van der Waals surface area contributed by atoms with Crippen molar-refractivity contribution in [2.75, 3.05) is 13.1 Å². The Hall–Kier alpha value is -1.16. The van der Waals surface area contributed by atoms with Gasteiger partial charge < -0.3 is 5.32 Å². The van der Waals surface area contributed by atoms with Crippen molar-refractivity contribution in [3.8, 4) is 0 Å². The lowest BCUT2D eigenvalue weighted by atomic mass is 10.0. The maximum atomic E-state index is 3.60. The molecule has 1 atom stereocenters. The first-order valence-corrected chi connectivity index (χ1v) is 8.75. The zero-order valence-electron chi connectivity index (χ0n) is 12.7. The maximum Gasteiger partial charge on any atom is 0.0300 e. The van der Waals surface area contributed by atoms with Crippen LogP contribution >= 0.6 is 11.3 Å². The monoisotopic (exact) mass is 300 g/mol. The molecule has 21 heavy (non-hydrogen) atoms. The number of hydrogen-bond acceptors (Lipinski definition) is 3. The van der Waals surface area contributed by atoms with E-state index in [1.54, 1.807) is 5.56 Å². The SMILES string of the molecule is CC(CNCc1cccs1)N1CCCc2ccccc2C1. The predicted octanol–water partition coefficient (Wildman–Crippen LogP) is 3.67.